The van der Waals surface area contributed by atoms with E-state index in [9.17, 15) is 4.79 Å². The molecule has 114 valence electrons. The van der Waals surface area contributed by atoms with Gasteiger partial charge in [0.05, 0.1) is 6.04 Å². The molecule has 2 aliphatic rings. The molecule has 5 heteroatoms. The van der Waals surface area contributed by atoms with Gasteiger partial charge >= 0.3 is 0 Å². The Morgan fingerprint density at radius 3 is 2.86 bits per heavy atom. The van der Waals surface area contributed by atoms with E-state index >= 15 is 0 Å². The number of amides is 1. The summed E-state index contributed by atoms with van der Waals surface area (Å²) in [6.45, 7) is 1.55. The predicted molar refractivity (Wildman–Crippen MR) is 85.0 cm³/mol. The normalized spacial score (nSPS) is 22.5. The molecule has 1 fully saturated rings. The molecule has 22 heavy (non-hydrogen) atoms. The first-order valence-electron chi connectivity index (χ1n) is 7.65. The van der Waals surface area contributed by atoms with Crippen LogP contribution in [0.4, 0.5) is 0 Å². The quantitative estimate of drug-likeness (QED) is 0.927. The molecule has 1 aromatic heterocycles. The number of hydrogen-bond donors (Lipinski definition) is 1. The van der Waals surface area contributed by atoms with Crippen LogP contribution in [0.15, 0.2) is 35.7 Å². The molecule has 1 unspecified atom stereocenters. The maximum Gasteiger partial charge on any atom is 0.271 e. The predicted octanol–water partition coefficient (Wildman–Crippen LogP) is 2.97. The molecule has 1 spiro atoms. The van der Waals surface area contributed by atoms with Gasteiger partial charge in [0.1, 0.15) is 5.69 Å². The number of aromatic nitrogens is 1. The number of nitrogens with zero attached hydrogens (tertiary/aromatic N) is 1. The summed E-state index contributed by atoms with van der Waals surface area (Å²) in [6.07, 6.45) is 3.00. The zero-order chi connectivity index (χ0) is 15.0. The second kappa shape index (κ2) is 5.48. The highest BCUT2D eigenvalue weighted by atomic mass is 32.1. The van der Waals surface area contributed by atoms with E-state index < -0.39 is 0 Å². The van der Waals surface area contributed by atoms with Crippen LogP contribution >= 0.6 is 11.5 Å². The smallest absolute Gasteiger partial charge is 0.271 e. The number of fused-ring (bicyclic) bond motifs is 1. The second-order valence-electron chi connectivity index (χ2n) is 6.14. The minimum absolute atomic E-state index is 0.0572. The van der Waals surface area contributed by atoms with Crippen molar-refractivity contribution in [3.63, 3.8) is 0 Å². The molecule has 4 rings (SSSR count). The van der Waals surface area contributed by atoms with Crippen LogP contribution in [-0.2, 0) is 11.2 Å². The van der Waals surface area contributed by atoms with E-state index in [1.165, 1.54) is 22.7 Å². The first kappa shape index (κ1) is 13.9. The van der Waals surface area contributed by atoms with Crippen LogP contribution in [0.25, 0.3) is 0 Å². The summed E-state index contributed by atoms with van der Waals surface area (Å²) in [4.78, 5) is 12.5. The zero-order valence-electron chi connectivity index (χ0n) is 12.2. The Bertz CT molecular complexity index is 678. The third-order valence-electron chi connectivity index (χ3n) is 4.96. The van der Waals surface area contributed by atoms with E-state index in [2.05, 4.69) is 34.0 Å². The van der Waals surface area contributed by atoms with Gasteiger partial charge in [-0.1, -0.05) is 24.3 Å². The highest BCUT2D eigenvalue weighted by molar-refractivity contribution is 7.03. The molecule has 0 bridgehead atoms. The van der Waals surface area contributed by atoms with Crippen LogP contribution in [-0.4, -0.2) is 23.5 Å². The molecule has 0 radical (unpaired) electrons. The molecule has 1 saturated heterocycles. The summed E-state index contributed by atoms with van der Waals surface area (Å²) in [5.41, 5.74) is 3.21. The van der Waals surface area contributed by atoms with Crippen molar-refractivity contribution >= 4 is 17.4 Å². The first-order chi connectivity index (χ1) is 10.8. The lowest BCUT2D eigenvalue weighted by molar-refractivity contribution is 0.000521. The number of benzene rings is 1. The van der Waals surface area contributed by atoms with Crippen molar-refractivity contribution < 1.29 is 9.53 Å². The zero-order valence-corrected chi connectivity index (χ0v) is 13.1. The monoisotopic (exact) mass is 314 g/mol. The van der Waals surface area contributed by atoms with E-state index in [1.54, 1.807) is 6.07 Å². The Morgan fingerprint density at radius 2 is 2.09 bits per heavy atom. The largest absolute Gasteiger partial charge is 0.381 e. The molecule has 1 amide bonds. The van der Waals surface area contributed by atoms with Gasteiger partial charge < -0.3 is 10.1 Å². The van der Waals surface area contributed by atoms with Gasteiger partial charge in [0, 0.05) is 24.0 Å². The van der Waals surface area contributed by atoms with Gasteiger partial charge in [0.2, 0.25) is 0 Å². The van der Waals surface area contributed by atoms with Gasteiger partial charge in [-0.3, -0.25) is 4.79 Å². The fourth-order valence-electron chi connectivity index (χ4n) is 3.80. The molecule has 1 N–H and O–H groups in total. The number of hydrogen-bond acceptors (Lipinski definition) is 4. The van der Waals surface area contributed by atoms with Crippen LogP contribution < -0.4 is 5.32 Å². The Labute approximate surface area is 133 Å². The Kier molecular flexibility index (Phi) is 3.47. The Hall–Kier alpha value is -1.72. The lowest BCUT2D eigenvalue weighted by Gasteiger charge is -2.39. The van der Waals surface area contributed by atoms with E-state index in [4.69, 9.17) is 4.74 Å². The number of ether oxygens (including phenoxy) is 1. The Morgan fingerprint density at radius 1 is 1.27 bits per heavy atom. The Balaban J connectivity index is 1.67. The van der Waals surface area contributed by atoms with Gasteiger partial charge in [-0.05, 0) is 48.0 Å². The van der Waals surface area contributed by atoms with Gasteiger partial charge in [-0.25, -0.2) is 0 Å². The first-order valence-corrected chi connectivity index (χ1v) is 8.49. The van der Waals surface area contributed by atoms with Crippen LogP contribution in [0.1, 0.15) is 40.5 Å². The lowest BCUT2D eigenvalue weighted by Crippen LogP contribution is -2.42. The molecular weight excluding hydrogens is 296 g/mol. The van der Waals surface area contributed by atoms with Crippen molar-refractivity contribution in [1.29, 1.82) is 0 Å². The minimum atomic E-state index is -0.0752. The van der Waals surface area contributed by atoms with Gasteiger partial charge in [0.25, 0.3) is 5.91 Å². The molecule has 1 atom stereocenters. The van der Waals surface area contributed by atoms with Crippen molar-refractivity contribution in [1.82, 2.24) is 9.69 Å². The van der Waals surface area contributed by atoms with E-state index in [-0.39, 0.29) is 17.4 Å². The van der Waals surface area contributed by atoms with Crippen LogP contribution in [0.2, 0.25) is 0 Å². The number of carbonyl (C=O) groups is 1. The number of rotatable bonds is 2. The third kappa shape index (κ3) is 2.25. The average Bonchev–Trinajstić information content (AvgIpc) is 3.16. The molecule has 4 nitrogen and oxygen atoms in total. The molecule has 1 aromatic carbocycles. The van der Waals surface area contributed by atoms with Gasteiger partial charge in [-0.15, -0.1) is 0 Å². The summed E-state index contributed by atoms with van der Waals surface area (Å²) in [5, 5.41) is 5.08. The maximum absolute atomic E-state index is 12.5. The maximum atomic E-state index is 12.5. The molecule has 2 heterocycles. The second-order valence-corrected chi connectivity index (χ2v) is 6.81. The molecule has 1 aliphatic heterocycles. The summed E-state index contributed by atoms with van der Waals surface area (Å²) in [6, 6.07) is 10.3. The van der Waals surface area contributed by atoms with Crippen LogP contribution in [0, 0.1) is 5.41 Å². The number of carbonyl (C=O) groups excluding carboxylic acids is 1. The van der Waals surface area contributed by atoms with Crippen LogP contribution in [0.3, 0.4) is 0 Å². The van der Waals surface area contributed by atoms with Gasteiger partial charge in [0.15, 0.2) is 0 Å². The van der Waals surface area contributed by atoms with E-state index in [0.717, 1.165) is 32.5 Å². The van der Waals surface area contributed by atoms with Crippen LogP contribution in [0.5, 0.6) is 0 Å². The topological polar surface area (TPSA) is 51.2 Å². The molecular formula is C17H18N2O2S. The summed E-state index contributed by atoms with van der Waals surface area (Å²) < 4.78 is 9.71. The van der Waals surface area contributed by atoms with E-state index in [0.29, 0.717) is 5.69 Å². The molecule has 0 saturated carbocycles. The third-order valence-corrected chi connectivity index (χ3v) is 5.52. The highest BCUT2D eigenvalue weighted by Gasteiger charge is 2.47. The molecule has 2 aromatic rings. The van der Waals surface area contributed by atoms with Crippen molar-refractivity contribution in [3.8, 4) is 0 Å². The van der Waals surface area contributed by atoms with Gasteiger partial charge in [-0.2, -0.15) is 4.37 Å². The summed E-state index contributed by atoms with van der Waals surface area (Å²) in [5.74, 6) is -0.0752. The molecule has 1 aliphatic carbocycles. The number of nitrogens with one attached hydrogen (secondary N) is 1. The summed E-state index contributed by atoms with van der Waals surface area (Å²) in [7, 11) is 0. The lowest BCUT2D eigenvalue weighted by atomic mass is 9.74. The highest BCUT2D eigenvalue weighted by Crippen LogP contribution is 2.51. The van der Waals surface area contributed by atoms with Crippen molar-refractivity contribution in [3.05, 3.63) is 52.5 Å². The standard InChI is InChI=1S/C17H18N2O2S/c20-16(14-5-10-22-19-14)18-15-13-4-2-1-3-12(13)11-17(15)6-8-21-9-7-17/h1-5,10,15H,6-9,11H2,(H,18,20). The SMILES string of the molecule is O=C(NC1c2ccccc2CC12CCOCC2)c1ccsn1. The summed E-state index contributed by atoms with van der Waals surface area (Å²) >= 11 is 1.31. The van der Waals surface area contributed by atoms with Crippen molar-refractivity contribution in [2.75, 3.05) is 13.2 Å². The fourth-order valence-corrected chi connectivity index (χ4v) is 4.30. The fraction of sp³-hybridized carbons (Fsp3) is 0.412. The minimum Gasteiger partial charge on any atom is -0.381 e. The van der Waals surface area contributed by atoms with Crippen molar-refractivity contribution in [2.45, 2.75) is 25.3 Å². The average molecular weight is 314 g/mol. The van der Waals surface area contributed by atoms with Crippen molar-refractivity contribution in [2.24, 2.45) is 5.41 Å². The van der Waals surface area contributed by atoms with E-state index in [1.807, 2.05) is 5.38 Å².